The van der Waals surface area contributed by atoms with E-state index in [-0.39, 0.29) is 5.91 Å². The summed E-state index contributed by atoms with van der Waals surface area (Å²) in [6.45, 7) is 0. The normalized spacial score (nSPS) is 17.4. The number of carboxylic acid groups (broad SMARTS) is 1. The highest BCUT2D eigenvalue weighted by Crippen LogP contribution is 2.44. The Morgan fingerprint density at radius 3 is 2.48 bits per heavy atom. The van der Waals surface area contributed by atoms with Crippen LogP contribution < -0.4 is 5.32 Å². The highest BCUT2D eigenvalue weighted by Gasteiger charge is 2.44. The quantitative estimate of drug-likeness (QED) is 0.150. The Morgan fingerprint density at radius 1 is 1.07 bits per heavy atom. The second-order valence-electron chi connectivity index (χ2n) is 11.6. The lowest BCUT2D eigenvalue weighted by atomic mass is 9.75. The molecule has 4 aromatic rings. The summed E-state index contributed by atoms with van der Waals surface area (Å²) in [4.78, 5) is 34.4. The van der Waals surface area contributed by atoms with Gasteiger partial charge in [-0.05, 0) is 85.7 Å². The molecule has 0 radical (unpaired) electrons. The van der Waals surface area contributed by atoms with E-state index in [4.69, 9.17) is 10.1 Å². The van der Waals surface area contributed by atoms with Crippen LogP contribution in [0.5, 0.6) is 0 Å². The monoisotopic (exact) mass is 583 g/mol. The van der Waals surface area contributed by atoms with Crippen molar-refractivity contribution in [2.75, 3.05) is 13.3 Å². The first kappa shape index (κ1) is 28.3. The first-order valence-electron chi connectivity index (χ1n) is 14.6. The van der Waals surface area contributed by atoms with Crippen molar-refractivity contribution in [3.8, 4) is 0 Å². The van der Waals surface area contributed by atoms with Crippen LogP contribution in [0.25, 0.3) is 28.0 Å². The second kappa shape index (κ2) is 11.1. The smallest absolute Gasteiger partial charge is 0.328 e. The molecule has 0 bridgehead atoms. The number of imidazole rings is 1. The maximum Gasteiger partial charge on any atom is 0.328 e. The van der Waals surface area contributed by atoms with Crippen molar-refractivity contribution in [1.82, 2.24) is 19.4 Å². The molecule has 2 aliphatic carbocycles. The number of carboxylic acids is 1. The van der Waals surface area contributed by atoms with Crippen molar-refractivity contribution in [2.45, 2.75) is 56.4 Å². The zero-order chi connectivity index (χ0) is 29.6. The van der Waals surface area contributed by atoms with Gasteiger partial charge in [-0.15, -0.1) is 11.8 Å². The standard InChI is InChI=1S/C33H37N5O3S/c1-34-31(42-4)29-28(21-8-5-6-9-21)23-13-12-22(19-25(23)37(29)2)30(41)36-33(16-7-17-33)32-35-24-14-10-20(11-15-27(39)40)18-26(24)38(32)3/h10-15,18-19,21H,5-9,16-17H2,1-4H3,(H,36,41)(H,39,40)/b15-11+,34-31-. The van der Waals surface area contributed by atoms with Crippen LogP contribution in [-0.4, -0.2) is 49.4 Å². The topological polar surface area (TPSA) is 102 Å². The summed E-state index contributed by atoms with van der Waals surface area (Å²) >= 11 is 1.67. The average Bonchev–Trinajstić information content (AvgIpc) is 3.68. The van der Waals surface area contributed by atoms with E-state index in [9.17, 15) is 9.59 Å². The molecule has 2 saturated carbocycles. The summed E-state index contributed by atoms with van der Waals surface area (Å²) in [6.07, 6.45) is 12.3. The van der Waals surface area contributed by atoms with Gasteiger partial charge < -0.3 is 19.6 Å². The van der Waals surface area contributed by atoms with Gasteiger partial charge in [-0.3, -0.25) is 9.79 Å². The first-order chi connectivity index (χ1) is 20.3. The summed E-state index contributed by atoms with van der Waals surface area (Å²) in [7, 11) is 5.90. The van der Waals surface area contributed by atoms with Crippen molar-refractivity contribution >= 4 is 56.7 Å². The number of benzene rings is 2. The number of carbonyl (C=O) groups excluding carboxylic acids is 1. The molecule has 218 valence electrons. The number of fused-ring (bicyclic) bond motifs is 2. The minimum Gasteiger partial charge on any atom is -0.478 e. The van der Waals surface area contributed by atoms with Gasteiger partial charge in [-0.2, -0.15) is 0 Å². The fraction of sp³-hybridized carbons (Fsp3) is 0.394. The van der Waals surface area contributed by atoms with E-state index in [0.29, 0.717) is 11.5 Å². The van der Waals surface area contributed by atoms with Crippen molar-refractivity contribution in [2.24, 2.45) is 19.1 Å². The number of hydrogen-bond donors (Lipinski definition) is 2. The van der Waals surface area contributed by atoms with Crippen molar-refractivity contribution < 1.29 is 14.7 Å². The lowest BCUT2D eigenvalue weighted by Gasteiger charge is -2.41. The molecule has 0 saturated heterocycles. The predicted molar refractivity (Wildman–Crippen MR) is 170 cm³/mol. The first-order valence-corrected chi connectivity index (χ1v) is 15.8. The van der Waals surface area contributed by atoms with Gasteiger partial charge in [0.2, 0.25) is 0 Å². The summed E-state index contributed by atoms with van der Waals surface area (Å²) in [5.74, 6) is 0.252. The van der Waals surface area contributed by atoms with E-state index < -0.39 is 11.5 Å². The van der Waals surface area contributed by atoms with Crippen LogP contribution in [0.15, 0.2) is 47.5 Å². The Hall–Kier alpha value is -3.85. The molecular formula is C33H37N5O3S. The Balaban J connectivity index is 1.35. The van der Waals surface area contributed by atoms with Crippen LogP contribution in [0.1, 0.15) is 83.9 Å². The molecule has 2 aliphatic rings. The van der Waals surface area contributed by atoms with Crippen molar-refractivity contribution in [1.29, 1.82) is 0 Å². The molecule has 0 atom stereocenters. The molecule has 42 heavy (non-hydrogen) atoms. The fourth-order valence-corrected chi connectivity index (χ4v) is 7.54. The number of amides is 1. The Kier molecular flexibility index (Phi) is 7.47. The van der Waals surface area contributed by atoms with Gasteiger partial charge in [0.25, 0.3) is 5.91 Å². The van der Waals surface area contributed by atoms with Crippen LogP contribution in [0.2, 0.25) is 0 Å². The second-order valence-corrected chi connectivity index (χ2v) is 12.4. The maximum absolute atomic E-state index is 13.9. The number of hydrogen-bond acceptors (Lipinski definition) is 5. The van der Waals surface area contributed by atoms with E-state index in [1.165, 1.54) is 42.3 Å². The summed E-state index contributed by atoms with van der Waals surface area (Å²) < 4.78 is 4.25. The van der Waals surface area contributed by atoms with E-state index in [2.05, 4.69) is 34.2 Å². The maximum atomic E-state index is 13.9. The zero-order valence-electron chi connectivity index (χ0n) is 24.6. The molecule has 2 fully saturated rings. The summed E-state index contributed by atoms with van der Waals surface area (Å²) in [5, 5.41) is 14.6. The molecule has 2 N–H and O–H groups in total. The van der Waals surface area contributed by atoms with Crippen LogP contribution in [-0.2, 0) is 24.4 Å². The van der Waals surface area contributed by atoms with Gasteiger partial charge in [0, 0.05) is 43.7 Å². The number of aliphatic imine (C=N–C) groups is 1. The number of aromatic nitrogens is 3. The van der Waals surface area contributed by atoms with Crippen molar-refractivity contribution in [3.63, 3.8) is 0 Å². The Morgan fingerprint density at radius 2 is 1.83 bits per heavy atom. The lowest BCUT2D eigenvalue weighted by Crippen LogP contribution is -2.52. The van der Waals surface area contributed by atoms with E-state index in [1.807, 2.05) is 49.0 Å². The largest absolute Gasteiger partial charge is 0.478 e. The molecule has 0 spiro atoms. The summed E-state index contributed by atoms with van der Waals surface area (Å²) in [5.41, 5.74) is 6.21. The Labute approximate surface area is 249 Å². The lowest BCUT2D eigenvalue weighted by molar-refractivity contribution is -0.131. The molecule has 6 rings (SSSR count). The highest BCUT2D eigenvalue weighted by atomic mass is 32.2. The number of aliphatic carboxylic acids is 1. The molecule has 8 nitrogen and oxygen atoms in total. The molecule has 0 unspecified atom stereocenters. The van der Waals surface area contributed by atoms with E-state index in [1.54, 1.807) is 17.8 Å². The number of rotatable bonds is 7. The molecule has 0 aliphatic heterocycles. The molecule has 1 amide bonds. The SMILES string of the molecule is C/N=C(\SC)c1c(C2CCCC2)c2ccc(C(=O)NC3(c4nc5ccc(/C=C/C(=O)O)cc5n4C)CCC3)cc2n1C. The molecule has 2 heterocycles. The van der Waals surface area contributed by atoms with Crippen molar-refractivity contribution in [3.05, 3.63) is 70.7 Å². The predicted octanol–water partition coefficient (Wildman–Crippen LogP) is 6.37. The zero-order valence-corrected chi connectivity index (χ0v) is 25.4. The third kappa shape index (κ3) is 4.73. The average molecular weight is 584 g/mol. The third-order valence-corrected chi connectivity index (χ3v) is 9.94. The number of aryl methyl sites for hydroxylation is 2. The van der Waals surface area contributed by atoms with Gasteiger partial charge in [0.1, 0.15) is 10.9 Å². The van der Waals surface area contributed by atoms with Gasteiger partial charge in [-0.1, -0.05) is 25.0 Å². The minimum absolute atomic E-state index is 0.104. The molecular weight excluding hydrogens is 546 g/mol. The Bertz CT molecular complexity index is 1770. The van der Waals surface area contributed by atoms with E-state index in [0.717, 1.165) is 58.3 Å². The third-order valence-electron chi connectivity index (χ3n) is 9.18. The van der Waals surface area contributed by atoms with Crippen LogP contribution in [0, 0.1) is 0 Å². The minimum atomic E-state index is -0.986. The summed E-state index contributed by atoms with van der Waals surface area (Å²) in [6, 6.07) is 11.8. The van der Waals surface area contributed by atoms with Gasteiger partial charge >= 0.3 is 5.97 Å². The molecule has 2 aromatic carbocycles. The fourth-order valence-electron chi connectivity index (χ4n) is 6.92. The highest BCUT2D eigenvalue weighted by molar-refractivity contribution is 8.13. The number of thioether (sulfide) groups is 1. The van der Waals surface area contributed by atoms with Gasteiger partial charge in [-0.25, -0.2) is 9.78 Å². The van der Waals surface area contributed by atoms with E-state index >= 15 is 0 Å². The number of nitrogens with zero attached hydrogens (tertiary/aromatic N) is 4. The van der Waals surface area contributed by atoms with Gasteiger partial charge in [0.15, 0.2) is 0 Å². The van der Waals surface area contributed by atoms with Crippen LogP contribution >= 0.6 is 11.8 Å². The number of nitrogens with one attached hydrogen (secondary N) is 1. The number of carbonyl (C=O) groups is 2. The molecule has 9 heteroatoms. The van der Waals surface area contributed by atoms with Crippen LogP contribution in [0.3, 0.4) is 0 Å². The molecule has 2 aromatic heterocycles. The van der Waals surface area contributed by atoms with Gasteiger partial charge in [0.05, 0.1) is 22.3 Å². The van der Waals surface area contributed by atoms with Crippen LogP contribution in [0.4, 0.5) is 0 Å².